The second-order valence-corrected chi connectivity index (χ2v) is 5.58. The maximum absolute atomic E-state index is 12.3. The molecule has 1 aliphatic heterocycles. The third-order valence-corrected chi connectivity index (χ3v) is 4.20. The van der Waals surface area contributed by atoms with Crippen LogP contribution >= 0.6 is 11.8 Å². The highest BCUT2D eigenvalue weighted by atomic mass is 32.2. The molecule has 0 aliphatic carbocycles. The van der Waals surface area contributed by atoms with Crippen molar-refractivity contribution in [2.45, 2.75) is 24.9 Å². The van der Waals surface area contributed by atoms with E-state index in [4.69, 9.17) is 0 Å². The van der Waals surface area contributed by atoms with E-state index in [1.165, 1.54) is 17.8 Å². The number of carbonyl (C=O) groups excluding carboxylic acids is 1. The summed E-state index contributed by atoms with van der Waals surface area (Å²) in [5.41, 5.74) is -1.08. The van der Waals surface area contributed by atoms with Crippen molar-refractivity contribution < 1.29 is 23.5 Å². The lowest BCUT2D eigenvalue weighted by Gasteiger charge is -2.24. The number of rotatable bonds is 5. The number of nitrogens with zero attached hydrogens (tertiary/aromatic N) is 2. The van der Waals surface area contributed by atoms with Gasteiger partial charge < -0.3 is 10.4 Å². The highest BCUT2D eigenvalue weighted by Gasteiger charge is 2.43. The third kappa shape index (κ3) is 3.09. The van der Waals surface area contributed by atoms with Crippen molar-refractivity contribution in [3.8, 4) is 0 Å². The monoisotopic (exact) mass is 305 g/mol. The Kier molecular flexibility index (Phi) is 4.26. The quantitative estimate of drug-likeness (QED) is 0.844. The Morgan fingerprint density at radius 1 is 1.60 bits per heavy atom. The van der Waals surface area contributed by atoms with E-state index < -0.39 is 24.0 Å². The smallest absolute Gasteiger partial charge is 0.333 e. The van der Waals surface area contributed by atoms with E-state index in [0.717, 1.165) is 6.20 Å². The molecule has 2 heterocycles. The molecule has 1 amide bonds. The van der Waals surface area contributed by atoms with Gasteiger partial charge in [0.1, 0.15) is 5.54 Å². The Morgan fingerprint density at radius 2 is 2.35 bits per heavy atom. The fourth-order valence-electron chi connectivity index (χ4n) is 1.94. The molecule has 6 nitrogen and oxygen atoms in total. The first kappa shape index (κ1) is 14.8. The van der Waals surface area contributed by atoms with Crippen molar-refractivity contribution in [2.75, 3.05) is 11.5 Å². The zero-order valence-electron chi connectivity index (χ0n) is 10.4. The maximum atomic E-state index is 12.3. The molecule has 1 fully saturated rings. The summed E-state index contributed by atoms with van der Waals surface area (Å²) >= 11 is 1.45. The summed E-state index contributed by atoms with van der Waals surface area (Å²) in [6.07, 6.45) is 1.20. The van der Waals surface area contributed by atoms with Gasteiger partial charge in [0.25, 0.3) is 0 Å². The van der Waals surface area contributed by atoms with Crippen molar-refractivity contribution in [3.63, 3.8) is 0 Å². The van der Waals surface area contributed by atoms with E-state index in [2.05, 4.69) is 10.4 Å². The molecule has 1 aromatic heterocycles. The highest BCUT2D eigenvalue weighted by molar-refractivity contribution is 7.99. The highest BCUT2D eigenvalue weighted by Crippen LogP contribution is 2.28. The zero-order valence-corrected chi connectivity index (χ0v) is 11.2. The van der Waals surface area contributed by atoms with Crippen LogP contribution < -0.4 is 5.32 Å². The van der Waals surface area contributed by atoms with Crippen molar-refractivity contribution >= 4 is 23.6 Å². The molecule has 2 N–H and O–H groups in total. The maximum Gasteiger partial charge on any atom is 0.333 e. The third-order valence-electron chi connectivity index (χ3n) is 3.01. The Morgan fingerprint density at radius 3 is 2.85 bits per heavy atom. The van der Waals surface area contributed by atoms with Crippen molar-refractivity contribution in [1.29, 1.82) is 0 Å². The molecule has 0 aromatic carbocycles. The number of carboxylic acids is 1. The van der Waals surface area contributed by atoms with Gasteiger partial charge in [-0.3, -0.25) is 4.79 Å². The average Bonchev–Trinajstić information content (AvgIpc) is 2.98. The van der Waals surface area contributed by atoms with Crippen LogP contribution in [0.1, 0.15) is 18.7 Å². The van der Waals surface area contributed by atoms with E-state index >= 15 is 0 Å². The largest absolute Gasteiger partial charge is 0.479 e. The Bertz CT molecular complexity index is 515. The van der Waals surface area contributed by atoms with Gasteiger partial charge in [-0.25, -0.2) is 9.48 Å². The molecule has 2 rings (SSSR count). The van der Waals surface area contributed by atoms with E-state index in [1.54, 1.807) is 0 Å². The van der Waals surface area contributed by atoms with Gasteiger partial charge >= 0.3 is 12.5 Å². The normalized spacial score (nSPS) is 22.1. The molecular formula is C11H13F2N3O3S. The summed E-state index contributed by atoms with van der Waals surface area (Å²) < 4.78 is 25.1. The number of nitrogens with one attached hydrogen (secondary N) is 1. The van der Waals surface area contributed by atoms with Gasteiger partial charge in [-0.05, 0) is 18.2 Å². The average molecular weight is 305 g/mol. The van der Waals surface area contributed by atoms with E-state index in [0.29, 0.717) is 22.6 Å². The summed E-state index contributed by atoms with van der Waals surface area (Å²) in [6, 6.07) is 1.31. The lowest BCUT2D eigenvalue weighted by Crippen LogP contribution is -2.55. The van der Waals surface area contributed by atoms with Crippen LogP contribution in [0.2, 0.25) is 0 Å². The van der Waals surface area contributed by atoms with Crippen LogP contribution in [-0.2, 0) is 16.0 Å². The summed E-state index contributed by atoms with van der Waals surface area (Å²) in [4.78, 5) is 23.1. The molecule has 110 valence electrons. The second kappa shape index (κ2) is 5.78. The van der Waals surface area contributed by atoms with Gasteiger partial charge in [0.2, 0.25) is 5.91 Å². The molecule has 0 saturated carbocycles. The number of amides is 1. The minimum atomic E-state index is -2.76. The molecule has 0 bridgehead atoms. The summed E-state index contributed by atoms with van der Waals surface area (Å²) in [5.74, 6) is -0.644. The molecule has 0 spiro atoms. The van der Waals surface area contributed by atoms with Crippen LogP contribution in [0.4, 0.5) is 8.78 Å². The van der Waals surface area contributed by atoms with Gasteiger partial charge in [0, 0.05) is 11.9 Å². The predicted octanol–water partition coefficient (Wildman–Crippen LogP) is 0.897. The number of carbonyl (C=O) groups is 2. The SMILES string of the molecule is O=C(Cc1ccn(C(F)F)n1)NC1(C(=O)O)CCSC1. The Hall–Kier alpha value is -1.64. The van der Waals surface area contributed by atoms with E-state index in [9.17, 15) is 23.5 Å². The van der Waals surface area contributed by atoms with E-state index in [-0.39, 0.29) is 12.1 Å². The van der Waals surface area contributed by atoms with Crippen LogP contribution in [0.25, 0.3) is 0 Å². The predicted molar refractivity (Wildman–Crippen MR) is 67.6 cm³/mol. The molecule has 1 saturated heterocycles. The topological polar surface area (TPSA) is 84.2 Å². The number of aliphatic carboxylic acids is 1. The van der Waals surface area contributed by atoms with Gasteiger partial charge in [0.15, 0.2) is 0 Å². The zero-order chi connectivity index (χ0) is 14.8. The minimum Gasteiger partial charge on any atom is -0.479 e. The second-order valence-electron chi connectivity index (χ2n) is 4.48. The van der Waals surface area contributed by atoms with Gasteiger partial charge in [-0.15, -0.1) is 0 Å². The number of aromatic nitrogens is 2. The fraction of sp³-hybridized carbons (Fsp3) is 0.545. The number of thioether (sulfide) groups is 1. The van der Waals surface area contributed by atoms with E-state index in [1.807, 2.05) is 0 Å². The molecule has 1 aromatic rings. The first-order chi connectivity index (χ1) is 9.43. The van der Waals surface area contributed by atoms with Gasteiger partial charge in [-0.2, -0.15) is 25.6 Å². The van der Waals surface area contributed by atoms with Crippen LogP contribution in [0.3, 0.4) is 0 Å². The van der Waals surface area contributed by atoms with Crippen molar-refractivity contribution in [2.24, 2.45) is 0 Å². The molecule has 1 unspecified atom stereocenters. The molecule has 20 heavy (non-hydrogen) atoms. The lowest BCUT2D eigenvalue weighted by atomic mass is 9.99. The van der Waals surface area contributed by atoms with Crippen molar-refractivity contribution in [1.82, 2.24) is 15.1 Å². The van der Waals surface area contributed by atoms with Crippen LogP contribution in [0.15, 0.2) is 12.3 Å². The number of halogens is 2. The van der Waals surface area contributed by atoms with Crippen LogP contribution in [-0.4, -0.2) is 43.8 Å². The molecule has 0 radical (unpaired) electrons. The summed E-state index contributed by atoms with van der Waals surface area (Å²) in [6.45, 7) is -2.76. The fourth-order valence-corrected chi connectivity index (χ4v) is 3.27. The van der Waals surface area contributed by atoms with Crippen LogP contribution in [0, 0.1) is 0 Å². The van der Waals surface area contributed by atoms with Gasteiger partial charge in [-0.1, -0.05) is 0 Å². The standard InChI is InChI=1S/C11H13F2N3O3S/c12-10(13)16-3-1-7(15-16)5-8(17)14-11(9(18)19)2-4-20-6-11/h1,3,10H,2,4-6H2,(H,14,17)(H,18,19). The summed E-state index contributed by atoms with van der Waals surface area (Å²) in [5, 5.41) is 15.2. The Labute approximate surface area is 117 Å². The number of carboxylic acid groups (broad SMARTS) is 1. The first-order valence-electron chi connectivity index (χ1n) is 5.87. The number of alkyl halides is 2. The van der Waals surface area contributed by atoms with Crippen molar-refractivity contribution in [3.05, 3.63) is 18.0 Å². The van der Waals surface area contributed by atoms with Crippen LogP contribution in [0.5, 0.6) is 0 Å². The number of hydrogen-bond donors (Lipinski definition) is 2. The summed E-state index contributed by atoms with van der Waals surface area (Å²) in [7, 11) is 0. The molecule has 1 atom stereocenters. The number of hydrogen-bond acceptors (Lipinski definition) is 4. The Balaban J connectivity index is 1.99. The lowest BCUT2D eigenvalue weighted by molar-refractivity contribution is -0.146. The first-order valence-corrected chi connectivity index (χ1v) is 7.03. The molecule has 1 aliphatic rings. The molecule has 9 heteroatoms. The van der Waals surface area contributed by atoms with Gasteiger partial charge in [0.05, 0.1) is 12.1 Å². The molecular weight excluding hydrogens is 292 g/mol. The minimum absolute atomic E-state index is 0.175.